The standard InChI is InChI=1S/C19H17F3N2O5/c1-17(2)7-11(25)18(12(26)8-17)13-14(29-23-18)16(28)24(15(13)27)10-5-3-4-9(6-10)19(20,21)22/h3-6,13-14,23H,7-8H2,1-2H3. The van der Waals surface area contributed by atoms with Gasteiger partial charge in [-0.2, -0.15) is 18.7 Å². The van der Waals surface area contributed by atoms with Crippen molar-refractivity contribution < 1.29 is 37.2 Å². The highest BCUT2D eigenvalue weighted by Crippen LogP contribution is 2.47. The van der Waals surface area contributed by atoms with Gasteiger partial charge in [-0.3, -0.25) is 24.0 Å². The number of imide groups is 1. The molecule has 154 valence electrons. The summed E-state index contributed by atoms with van der Waals surface area (Å²) in [5.74, 6) is -4.46. The zero-order valence-electron chi connectivity index (χ0n) is 15.5. The third kappa shape index (κ3) is 2.73. The van der Waals surface area contributed by atoms with Crippen LogP contribution in [0, 0.1) is 11.3 Å². The molecule has 0 bridgehead atoms. The lowest BCUT2D eigenvalue weighted by atomic mass is 9.63. The van der Waals surface area contributed by atoms with Crippen LogP contribution in [0.15, 0.2) is 24.3 Å². The van der Waals surface area contributed by atoms with Crippen LogP contribution in [0.25, 0.3) is 0 Å². The molecule has 29 heavy (non-hydrogen) atoms. The smallest absolute Gasteiger partial charge is 0.297 e. The number of halogens is 3. The van der Waals surface area contributed by atoms with E-state index in [-0.39, 0.29) is 18.5 Å². The molecule has 3 aliphatic rings. The van der Waals surface area contributed by atoms with Crippen LogP contribution in [0.5, 0.6) is 0 Å². The van der Waals surface area contributed by atoms with E-state index in [4.69, 9.17) is 4.84 Å². The fraction of sp³-hybridized carbons (Fsp3) is 0.474. The molecule has 1 spiro atoms. The first-order chi connectivity index (χ1) is 13.4. The van der Waals surface area contributed by atoms with E-state index in [0.29, 0.717) is 11.0 Å². The average molecular weight is 410 g/mol. The molecule has 10 heteroatoms. The monoisotopic (exact) mass is 410 g/mol. The van der Waals surface area contributed by atoms with Crippen LogP contribution < -0.4 is 10.4 Å². The molecule has 1 aromatic rings. The van der Waals surface area contributed by atoms with Gasteiger partial charge in [-0.05, 0) is 23.6 Å². The van der Waals surface area contributed by atoms with E-state index < -0.39 is 58.1 Å². The number of rotatable bonds is 1. The number of carbonyl (C=O) groups is 4. The number of hydrogen-bond donors (Lipinski definition) is 1. The van der Waals surface area contributed by atoms with Gasteiger partial charge in [-0.15, -0.1) is 0 Å². The lowest BCUT2D eigenvalue weighted by Gasteiger charge is -2.39. The highest BCUT2D eigenvalue weighted by molar-refractivity contribution is 6.29. The molecule has 2 atom stereocenters. The Balaban J connectivity index is 1.74. The summed E-state index contributed by atoms with van der Waals surface area (Å²) in [4.78, 5) is 57.3. The van der Waals surface area contributed by atoms with Crippen molar-refractivity contribution in [1.29, 1.82) is 0 Å². The SMILES string of the molecule is CC1(C)CC(=O)C2(NOC3C(=O)N(c4cccc(C(F)(F)F)c4)C(=O)C32)C(=O)C1. The Morgan fingerprint density at radius 2 is 1.69 bits per heavy atom. The second kappa shape index (κ2) is 5.96. The molecular formula is C19H17F3N2O5. The Bertz CT molecular complexity index is 935. The molecule has 2 amide bonds. The number of benzene rings is 1. The first-order valence-electron chi connectivity index (χ1n) is 8.93. The second-order valence-corrected chi connectivity index (χ2v) is 8.35. The Morgan fingerprint density at radius 3 is 2.28 bits per heavy atom. The van der Waals surface area contributed by atoms with Gasteiger partial charge >= 0.3 is 6.18 Å². The van der Waals surface area contributed by atoms with Crippen LogP contribution in [0.1, 0.15) is 32.3 Å². The van der Waals surface area contributed by atoms with E-state index in [1.165, 1.54) is 6.07 Å². The van der Waals surface area contributed by atoms with E-state index in [2.05, 4.69) is 5.48 Å². The van der Waals surface area contributed by atoms with E-state index in [1.54, 1.807) is 13.8 Å². The molecule has 1 N–H and O–H groups in total. The van der Waals surface area contributed by atoms with Gasteiger partial charge in [0.15, 0.2) is 23.2 Å². The average Bonchev–Trinajstić information content (AvgIpc) is 3.10. The van der Waals surface area contributed by atoms with Gasteiger partial charge in [0.25, 0.3) is 5.91 Å². The first-order valence-corrected chi connectivity index (χ1v) is 8.93. The number of nitrogens with one attached hydrogen (secondary N) is 1. The molecule has 2 aliphatic heterocycles. The van der Waals surface area contributed by atoms with Gasteiger partial charge < -0.3 is 0 Å². The van der Waals surface area contributed by atoms with Crippen molar-refractivity contribution in [3.8, 4) is 0 Å². The fourth-order valence-corrected chi connectivity index (χ4v) is 4.30. The van der Waals surface area contributed by atoms with Crippen molar-refractivity contribution in [3.05, 3.63) is 29.8 Å². The summed E-state index contributed by atoms with van der Waals surface area (Å²) >= 11 is 0. The molecule has 3 fully saturated rings. The van der Waals surface area contributed by atoms with E-state index in [0.717, 1.165) is 12.1 Å². The number of carbonyl (C=O) groups excluding carboxylic acids is 4. The van der Waals surface area contributed by atoms with Crippen molar-refractivity contribution in [2.75, 3.05) is 4.90 Å². The van der Waals surface area contributed by atoms with Crippen LogP contribution in [0.4, 0.5) is 18.9 Å². The number of amides is 2. The van der Waals surface area contributed by atoms with Crippen LogP contribution in [-0.2, 0) is 30.2 Å². The van der Waals surface area contributed by atoms with Crippen molar-refractivity contribution in [2.45, 2.75) is 44.5 Å². The Kier molecular flexibility index (Phi) is 4.05. The summed E-state index contributed by atoms with van der Waals surface area (Å²) in [7, 11) is 0. The Morgan fingerprint density at radius 1 is 1.07 bits per heavy atom. The van der Waals surface area contributed by atoms with Gasteiger partial charge in [-0.25, -0.2) is 4.90 Å². The van der Waals surface area contributed by atoms with Gasteiger partial charge in [0, 0.05) is 12.8 Å². The van der Waals surface area contributed by atoms with Crippen LogP contribution >= 0.6 is 0 Å². The number of nitrogens with zero attached hydrogens (tertiary/aromatic N) is 1. The summed E-state index contributed by atoms with van der Waals surface area (Å²) in [5, 5.41) is 0. The van der Waals surface area contributed by atoms with Gasteiger partial charge in [-0.1, -0.05) is 19.9 Å². The maximum Gasteiger partial charge on any atom is 0.416 e. The number of fused-ring (bicyclic) bond motifs is 2. The number of hydroxylamine groups is 1. The van der Waals surface area contributed by atoms with Gasteiger partial charge in [0.05, 0.1) is 11.3 Å². The first kappa shape index (κ1) is 19.7. The largest absolute Gasteiger partial charge is 0.416 e. The van der Waals surface area contributed by atoms with Crippen LogP contribution in [0.3, 0.4) is 0 Å². The molecule has 2 unspecified atom stereocenters. The van der Waals surface area contributed by atoms with Crippen molar-refractivity contribution in [3.63, 3.8) is 0 Å². The zero-order chi connectivity index (χ0) is 21.4. The van der Waals surface area contributed by atoms with Gasteiger partial charge in [0.1, 0.15) is 5.92 Å². The van der Waals surface area contributed by atoms with Gasteiger partial charge in [0.2, 0.25) is 5.91 Å². The van der Waals surface area contributed by atoms with Crippen LogP contribution in [-0.4, -0.2) is 35.0 Å². The van der Waals surface area contributed by atoms with Crippen molar-refractivity contribution in [1.82, 2.24) is 5.48 Å². The van der Waals surface area contributed by atoms with Crippen molar-refractivity contribution >= 4 is 29.1 Å². The number of Topliss-reactive ketones (excluding diaryl/α,β-unsaturated/α-hetero) is 2. The Labute approximate surface area is 163 Å². The van der Waals surface area contributed by atoms with E-state index >= 15 is 0 Å². The maximum absolute atomic E-state index is 13.1. The predicted molar refractivity (Wildman–Crippen MR) is 91.2 cm³/mol. The van der Waals surface area contributed by atoms with E-state index in [9.17, 15) is 32.3 Å². The van der Waals surface area contributed by atoms with Crippen LogP contribution in [0.2, 0.25) is 0 Å². The lowest BCUT2D eigenvalue weighted by Crippen LogP contribution is -2.64. The summed E-state index contributed by atoms with van der Waals surface area (Å²) < 4.78 is 39.1. The molecular weight excluding hydrogens is 393 g/mol. The van der Waals surface area contributed by atoms with E-state index in [1.807, 2.05) is 0 Å². The summed E-state index contributed by atoms with van der Waals surface area (Å²) in [6.07, 6.45) is -6.16. The minimum Gasteiger partial charge on any atom is -0.297 e. The number of ketones is 2. The molecule has 1 aliphatic carbocycles. The Hall–Kier alpha value is -2.59. The third-order valence-corrected chi connectivity index (χ3v) is 5.66. The van der Waals surface area contributed by atoms with Crippen molar-refractivity contribution in [2.24, 2.45) is 11.3 Å². The number of alkyl halides is 3. The minimum atomic E-state index is -4.67. The second-order valence-electron chi connectivity index (χ2n) is 8.35. The normalized spacial score (nSPS) is 28.4. The lowest BCUT2D eigenvalue weighted by molar-refractivity contribution is -0.150. The highest BCUT2D eigenvalue weighted by Gasteiger charge is 2.71. The summed E-state index contributed by atoms with van der Waals surface area (Å²) in [6, 6.07) is 3.73. The molecule has 7 nitrogen and oxygen atoms in total. The number of hydrogen-bond acceptors (Lipinski definition) is 6. The highest BCUT2D eigenvalue weighted by atomic mass is 19.4. The predicted octanol–water partition coefficient (Wildman–Crippen LogP) is 1.80. The molecule has 2 heterocycles. The molecule has 2 saturated heterocycles. The molecule has 1 aromatic carbocycles. The number of anilines is 1. The third-order valence-electron chi connectivity index (χ3n) is 5.66. The molecule has 4 rings (SSSR count). The zero-order valence-corrected chi connectivity index (χ0v) is 15.5. The minimum absolute atomic E-state index is 0.0106. The quantitative estimate of drug-likeness (QED) is 0.561. The molecule has 1 saturated carbocycles. The topological polar surface area (TPSA) is 92.8 Å². The maximum atomic E-state index is 13.1. The molecule has 0 aromatic heterocycles. The fourth-order valence-electron chi connectivity index (χ4n) is 4.30. The summed E-state index contributed by atoms with van der Waals surface area (Å²) in [5.41, 5.74) is -1.60. The summed E-state index contributed by atoms with van der Waals surface area (Å²) in [6.45, 7) is 3.47. The molecule has 0 radical (unpaired) electrons.